The standard InChI is InChI=1S/C10H14N6O2/c11-8-7-9(15-10(12)14-8)16(4-13-7)5-1-6(2-17)18-3-5/h4-6,17H,1-3H2,(H4,11,12,14,15)/t5-,6-/m1/s1. The zero-order valence-electron chi connectivity index (χ0n) is 9.65. The monoisotopic (exact) mass is 250 g/mol. The van der Waals surface area contributed by atoms with Gasteiger partial charge in [0, 0.05) is 0 Å². The van der Waals surface area contributed by atoms with Crippen molar-refractivity contribution in [2.75, 3.05) is 24.7 Å². The third-order valence-corrected chi connectivity index (χ3v) is 3.12. The van der Waals surface area contributed by atoms with E-state index >= 15 is 0 Å². The first-order valence-electron chi connectivity index (χ1n) is 5.67. The van der Waals surface area contributed by atoms with Crippen LogP contribution in [0.4, 0.5) is 11.8 Å². The van der Waals surface area contributed by atoms with Crippen molar-refractivity contribution in [3.8, 4) is 0 Å². The number of aromatic nitrogens is 4. The van der Waals surface area contributed by atoms with Gasteiger partial charge < -0.3 is 25.9 Å². The molecule has 1 aliphatic heterocycles. The average molecular weight is 250 g/mol. The molecule has 8 heteroatoms. The maximum atomic E-state index is 9.07. The number of anilines is 2. The predicted molar refractivity (Wildman–Crippen MR) is 64.6 cm³/mol. The molecular weight excluding hydrogens is 236 g/mol. The van der Waals surface area contributed by atoms with Crippen LogP contribution in [0, 0.1) is 0 Å². The Balaban J connectivity index is 2.03. The zero-order chi connectivity index (χ0) is 12.7. The summed E-state index contributed by atoms with van der Waals surface area (Å²) in [5.41, 5.74) is 12.5. The second kappa shape index (κ2) is 4.07. The number of aliphatic hydroxyl groups is 1. The van der Waals surface area contributed by atoms with Gasteiger partial charge in [-0.25, -0.2) is 4.98 Å². The number of nitrogen functional groups attached to an aromatic ring is 2. The number of hydrogen-bond donors (Lipinski definition) is 3. The Morgan fingerprint density at radius 3 is 3.00 bits per heavy atom. The van der Waals surface area contributed by atoms with Crippen molar-refractivity contribution in [1.29, 1.82) is 0 Å². The molecular formula is C10H14N6O2. The summed E-state index contributed by atoms with van der Waals surface area (Å²) < 4.78 is 7.32. The number of aliphatic hydroxyl groups excluding tert-OH is 1. The quantitative estimate of drug-likeness (QED) is 0.644. The van der Waals surface area contributed by atoms with Crippen molar-refractivity contribution in [2.45, 2.75) is 18.6 Å². The lowest BCUT2D eigenvalue weighted by Crippen LogP contribution is -2.12. The summed E-state index contributed by atoms with van der Waals surface area (Å²) >= 11 is 0. The Hall–Kier alpha value is -1.93. The summed E-state index contributed by atoms with van der Waals surface area (Å²) in [5, 5.41) is 9.07. The SMILES string of the molecule is Nc1nc(N)c2ncn([C@H]3CO[C@@H](CO)C3)c2n1. The molecule has 18 heavy (non-hydrogen) atoms. The van der Waals surface area contributed by atoms with Crippen molar-refractivity contribution >= 4 is 22.9 Å². The predicted octanol–water partition coefficient (Wildman–Crippen LogP) is -0.687. The number of ether oxygens (including phenoxy) is 1. The fraction of sp³-hybridized carbons (Fsp3) is 0.500. The number of nitrogens with two attached hydrogens (primary N) is 2. The minimum absolute atomic E-state index is 0.0163. The molecule has 2 atom stereocenters. The molecule has 2 aromatic rings. The second-order valence-electron chi connectivity index (χ2n) is 4.32. The summed E-state index contributed by atoms with van der Waals surface area (Å²) in [6, 6.07) is 0.0841. The molecule has 1 fully saturated rings. The Morgan fingerprint density at radius 2 is 2.28 bits per heavy atom. The van der Waals surface area contributed by atoms with Gasteiger partial charge in [-0.1, -0.05) is 0 Å². The Bertz CT molecular complexity index is 583. The van der Waals surface area contributed by atoms with Crippen molar-refractivity contribution in [1.82, 2.24) is 19.5 Å². The molecule has 0 aliphatic carbocycles. The van der Waals surface area contributed by atoms with Gasteiger partial charge in [-0.3, -0.25) is 0 Å². The molecule has 1 saturated heterocycles. The molecule has 1 aliphatic rings. The van der Waals surface area contributed by atoms with Crippen LogP contribution in [0.1, 0.15) is 12.5 Å². The Morgan fingerprint density at radius 1 is 1.44 bits per heavy atom. The van der Waals surface area contributed by atoms with Gasteiger partial charge in [0.05, 0.1) is 31.7 Å². The molecule has 0 unspecified atom stereocenters. The van der Waals surface area contributed by atoms with Gasteiger partial charge in [0.25, 0.3) is 0 Å². The molecule has 0 radical (unpaired) electrons. The van der Waals surface area contributed by atoms with E-state index in [1.54, 1.807) is 6.33 Å². The fourth-order valence-electron chi connectivity index (χ4n) is 2.23. The maximum absolute atomic E-state index is 9.07. The van der Waals surface area contributed by atoms with Gasteiger partial charge in [0.1, 0.15) is 5.52 Å². The number of rotatable bonds is 2. The van der Waals surface area contributed by atoms with Crippen LogP contribution in [0.5, 0.6) is 0 Å². The molecule has 3 rings (SSSR count). The third-order valence-electron chi connectivity index (χ3n) is 3.12. The van der Waals surface area contributed by atoms with Crippen LogP contribution in [-0.4, -0.2) is 43.9 Å². The van der Waals surface area contributed by atoms with Crippen LogP contribution in [0.2, 0.25) is 0 Å². The van der Waals surface area contributed by atoms with Crippen LogP contribution in [0.3, 0.4) is 0 Å². The summed E-state index contributed by atoms with van der Waals surface area (Å²) in [5.74, 6) is 0.397. The number of nitrogens with zero attached hydrogens (tertiary/aromatic N) is 4. The maximum Gasteiger partial charge on any atom is 0.224 e. The first kappa shape index (κ1) is 11.2. The van der Waals surface area contributed by atoms with Gasteiger partial charge in [0.2, 0.25) is 5.95 Å². The Kier molecular flexibility index (Phi) is 2.53. The molecule has 0 amide bonds. The van der Waals surface area contributed by atoms with Crippen molar-refractivity contribution in [2.24, 2.45) is 0 Å². The van der Waals surface area contributed by atoms with E-state index in [4.69, 9.17) is 21.3 Å². The van der Waals surface area contributed by atoms with Gasteiger partial charge in [0.15, 0.2) is 11.5 Å². The van der Waals surface area contributed by atoms with Crippen molar-refractivity contribution < 1.29 is 9.84 Å². The molecule has 0 saturated carbocycles. The highest BCUT2D eigenvalue weighted by Gasteiger charge is 2.28. The topological polar surface area (TPSA) is 125 Å². The smallest absolute Gasteiger partial charge is 0.224 e. The number of fused-ring (bicyclic) bond motifs is 1. The molecule has 96 valence electrons. The first-order chi connectivity index (χ1) is 8.69. The molecule has 3 heterocycles. The third kappa shape index (κ3) is 1.66. The van der Waals surface area contributed by atoms with Crippen LogP contribution in [0.15, 0.2) is 6.33 Å². The van der Waals surface area contributed by atoms with Gasteiger partial charge in [-0.05, 0) is 6.42 Å². The number of hydrogen-bond acceptors (Lipinski definition) is 7. The largest absolute Gasteiger partial charge is 0.394 e. The molecule has 0 bridgehead atoms. The first-order valence-corrected chi connectivity index (χ1v) is 5.67. The highest BCUT2D eigenvalue weighted by atomic mass is 16.5. The minimum Gasteiger partial charge on any atom is -0.394 e. The van der Waals surface area contributed by atoms with E-state index < -0.39 is 0 Å². The van der Waals surface area contributed by atoms with E-state index in [0.717, 1.165) is 0 Å². The highest BCUT2D eigenvalue weighted by molar-refractivity contribution is 5.82. The lowest BCUT2D eigenvalue weighted by atomic mass is 10.2. The van der Waals surface area contributed by atoms with Crippen LogP contribution < -0.4 is 11.5 Å². The van der Waals surface area contributed by atoms with E-state index in [2.05, 4.69) is 15.0 Å². The molecule has 8 nitrogen and oxygen atoms in total. The lowest BCUT2D eigenvalue weighted by Gasteiger charge is -2.10. The molecule has 5 N–H and O–H groups in total. The van der Waals surface area contributed by atoms with E-state index in [1.807, 2.05) is 4.57 Å². The number of imidazole rings is 1. The minimum atomic E-state index is -0.135. The zero-order valence-corrected chi connectivity index (χ0v) is 9.65. The normalized spacial score (nSPS) is 23.8. The highest BCUT2D eigenvalue weighted by Crippen LogP contribution is 2.28. The lowest BCUT2D eigenvalue weighted by molar-refractivity contribution is 0.0576. The van der Waals surface area contributed by atoms with E-state index in [0.29, 0.717) is 24.2 Å². The second-order valence-corrected chi connectivity index (χ2v) is 4.32. The van der Waals surface area contributed by atoms with Gasteiger partial charge in [-0.2, -0.15) is 9.97 Å². The summed E-state index contributed by atoms with van der Waals surface area (Å²) in [6.45, 7) is 0.531. The van der Waals surface area contributed by atoms with Crippen molar-refractivity contribution in [3.63, 3.8) is 0 Å². The van der Waals surface area contributed by atoms with E-state index in [1.165, 1.54) is 0 Å². The van der Waals surface area contributed by atoms with E-state index in [9.17, 15) is 0 Å². The van der Waals surface area contributed by atoms with Crippen LogP contribution in [-0.2, 0) is 4.74 Å². The average Bonchev–Trinajstić information content (AvgIpc) is 2.93. The molecule has 0 spiro atoms. The van der Waals surface area contributed by atoms with Gasteiger partial charge in [-0.15, -0.1) is 0 Å². The van der Waals surface area contributed by atoms with Gasteiger partial charge >= 0.3 is 0 Å². The van der Waals surface area contributed by atoms with Crippen molar-refractivity contribution in [3.05, 3.63) is 6.33 Å². The van der Waals surface area contributed by atoms with Crippen LogP contribution in [0.25, 0.3) is 11.2 Å². The summed E-state index contributed by atoms with van der Waals surface area (Å²) in [4.78, 5) is 12.2. The molecule has 2 aromatic heterocycles. The van der Waals surface area contributed by atoms with E-state index in [-0.39, 0.29) is 30.5 Å². The van der Waals surface area contributed by atoms with Crippen LogP contribution >= 0.6 is 0 Å². The molecule has 0 aromatic carbocycles. The summed E-state index contributed by atoms with van der Waals surface area (Å²) in [6.07, 6.45) is 2.23. The Labute approximate surface area is 103 Å². The fourth-order valence-corrected chi connectivity index (χ4v) is 2.23. The summed E-state index contributed by atoms with van der Waals surface area (Å²) in [7, 11) is 0.